The van der Waals surface area contributed by atoms with Gasteiger partial charge in [-0.2, -0.15) is 0 Å². The number of nitrogens with one attached hydrogen (secondary N) is 1. The van der Waals surface area contributed by atoms with Crippen molar-refractivity contribution in [3.8, 4) is 0 Å². The number of piperidine rings is 1. The summed E-state index contributed by atoms with van der Waals surface area (Å²) in [5.41, 5.74) is 1.03. The van der Waals surface area contributed by atoms with Gasteiger partial charge < -0.3 is 20.2 Å². The van der Waals surface area contributed by atoms with Gasteiger partial charge in [0.2, 0.25) is 0 Å². The third-order valence-electron chi connectivity index (χ3n) is 5.92. The van der Waals surface area contributed by atoms with E-state index in [4.69, 9.17) is 0 Å². The molecule has 158 valence electrons. The number of carboxylic acid groups (broad SMARTS) is 1. The molecule has 2 aliphatic rings. The molecular weight excluding hydrogens is 380 g/mol. The maximum atomic E-state index is 12.4. The van der Waals surface area contributed by atoms with Crippen molar-refractivity contribution in [3.05, 3.63) is 53.7 Å². The zero-order valence-electron chi connectivity index (χ0n) is 17.1. The minimum absolute atomic E-state index is 0.127. The Kier molecular flexibility index (Phi) is 6.28. The number of aromatic nitrogens is 1. The number of aromatic carboxylic acids is 1. The summed E-state index contributed by atoms with van der Waals surface area (Å²) in [6.07, 6.45) is 6.30. The van der Waals surface area contributed by atoms with E-state index in [1.165, 1.54) is 38.4 Å². The molecule has 2 fully saturated rings. The second kappa shape index (κ2) is 9.26. The van der Waals surface area contributed by atoms with Gasteiger partial charge in [0.1, 0.15) is 11.4 Å². The summed E-state index contributed by atoms with van der Waals surface area (Å²) in [6.45, 7) is 5.04. The molecule has 2 saturated heterocycles. The van der Waals surface area contributed by atoms with E-state index in [-0.39, 0.29) is 11.5 Å². The van der Waals surface area contributed by atoms with Crippen LogP contribution in [0.25, 0.3) is 0 Å². The van der Waals surface area contributed by atoms with Crippen molar-refractivity contribution < 1.29 is 14.7 Å². The van der Waals surface area contributed by atoms with Crippen molar-refractivity contribution in [2.45, 2.75) is 25.7 Å². The number of anilines is 2. The highest BCUT2D eigenvalue weighted by Gasteiger charge is 2.27. The smallest absolute Gasteiger partial charge is 0.339 e. The van der Waals surface area contributed by atoms with E-state index in [1.807, 2.05) is 6.07 Å². The fourth-order valence-corrected chi connectivity index (χ4v) is 4.46. The van der Waals surface area contributed by atoms with Gasteiger partial charge in [-0.05, 0) is 62.9 Å². The number of hydrogen-bond acceptors (Lipinski definition) is 5. The van der Waals surface area contributed by atoms with Crippen LogP contribution in [-0.4, -0.2) is 59.6 Å². The molecule has 7 nitrogen and oxygen atoms in total. The maximum absolute atomic E-state index is 12.4. The van der Waals surface area contributed by atoms with Crippen LogP contribution in [0.3, 0.4) is 0 Å². The molecule has 30 heavy (non-hydrogen) atoms. The molecule has 4 rings (SSSR count). The van der Waals surface area contributed by atoms with Crippen LogP contribution in [0.1, 0.15) is 46.4 Å². The van der Waals surface area contributed by atoms with Crippen LogP contribution in [0.5, 0.6) is 0 Å². The number of carboxylic acids is 1. The summed E-state index contributed by atoms with van der Waals surface area (Å²) in [6, 6.07) is 10.3. The van der Waals surface area contributed by atoms with E-state index in [1.54, 1.807) is 30.5 Å². The van der Waals surface area contributed by atoms with Crippen LogP contribution >= 0.6 is 0 Å². The Hall–Kier alpha value is -2.93. The lowest BCUT2D eigenvalue weighted by atomic mass is 9.97. The first-order valence-corrected chi connectivity index (χ1v) is 10.7. The largest absolute Gasteiger partial charge is 0.478 e. The molecule has 3 heterocycles. The molecular formula is C23H28N4O3. The molecule has 1 unspecified atom stereocenters. The Morgan fingerprint density at radius 3 is 2.60 bits per heavy atom. The van der Waals surface area contributed by atoms with Crippen molar-refractivity contribution >= 4 is 23.4 Å². The molecule has 1 amide bonds. The first kappa shape index (κ1) is 20.3. The van der Waals surface area contributed by atoms with Gasteiger partial charge in [0.25, 0.3) is 5.91 Å². The normalized spacial score (nSPS) is 19.6. The van der Waals surface area contributed by atoms with Gasteiger partial charge in [-0.3, -0.25) is 4.79 Å². The first-order chi connectivity index (χ1) is 14.6. The van der Waals surface area contributed by atoms with E-state index >= 15 is 0 Å². The third-order valence-corrected chi connectivity index (χ3v) is 5.92. The fourth-order valence-electron chi connectivity index (χ4n) is 4.46. The van der Waals surface area contributed by atoms with Gasteiger partial charge in [-0.25, -0.2) is 9.78 Å². The van der Waals surface area contributed by atoms with Gasteiger partial charge in [-0.1, -0.05) is 18.2 Å². The Morgan fingerprint density at radius 1 is 1.10 bits per heavy atom. The molecule has 1 atom stereocenters. The Balaban J connectivity index is 1.48. The summed E-state index contributed by atoms with van der Waals surface area (Å²) < 4.78 is 0. The fraction of sp³-hybridized carbons (Fsp3) is 0.435. The Labute approximate surface area is 176 Å². The van der Waals surface area contributed by atoms with Crippen LogP contribution in [0.15, 0.2) is 42.6 Å². The molecule has 2 aliphatic heterocycles. The molecule has 0 spiro atoms. The lowest BCUT2D eigenvalue weighted by Gasteiger charge is -2.36. The van der Waals surface area contributed by atoms with E-state index < -0.39 is 5.97 Å². The number of benzene rings is 1. The molecule has 1 aromatic heterocycles. The van der Waals surface area contributed by atoms with Gasteiger partial charge in [0.05, 0.1) is 11.9 Å². The van der Waals surface area contributed by atoms with Crippen molar-refractivity contribution in [3.63, 3.8) is 0 Å². The van der Waals surface area contributed by atoms with Crippen LogP contribution in [0.4, 0.5) is 11.5 Å². The number of hydrogen-bond donors (Lipinski definition) is 2. The molecule has 0 aliphatic carbocycles. The van der Waals surface area contributed by atoms with E-state index in [9.17, 15) is 14.7 Å². The summed E-state index contributed by atoms with van der Waals surface area (Å²) in [7, 11) is 0. The quantitative estimate of drug-likeness (QED) is 0.762. The topological polar surface area (TPSA) is 85.8 Å². The second-order valence-corrected chi connectivity index (χ2v) is 8.18. The van der Waals surface area contributed by atoms with Crippen molar-refractivity contribution in [1.29, 1.82) is 0 Å². The van der Waals surface area contributed by atoms with Crippen LogP contribution in [0, 0.1) is 5.92 Å². The third kappa shape index (κ3) is 4.79. The van der Waals surface area contributed by atoms with Gasteiger partial charge in [0.15, 0.2) is 0 Å². The van der Waals surface area contributed by atoms with Crippen LogP contribution in [-0.2, 0) is 0 Å². The predicted molar refractivity (Wildman–Crippen MR) is 116 cm³/mol. The lowest BCUT2D eigenvalue weighted by molar-refractivity contribution is 0.0696. The maximum Gasteiger partial charge on any atom is 0.339 e. The number of amides is 1. The summed E-state index contributed by atoms with van der Waals surface area (Å²) in [4.78, 5) is 33.4. The van der Waals surface area contributed by atoms with Crippen LogP contribution < -0.4 is 10.2 Å². The highest BCUT2D eigenvalue weighted by Crippen LogP contribution is 2.28. The lowest BCUT2D eigenvalue weighted by Crippen LogP contribution is -2.41. The number of carbonyl (C=O) groups is 2. The average Bonchev–Trinajstić information content (AvgIpc) is 3.27. The SMILES string of the molecule is O=C(Nc1cnc(N2CCCC(CN3CCCC3)C2)c(C(=O)O)c1)c1ccccc1. The Morgan fingerprint density at radius 2 is 1.87 bits per heavy atom. The predicted octanol–water partition coefficient (Wildman–Crippen LogP) is 3.34. The van der Waals surface area contributed by atoms with Gasteiger partial charge in [0, 0.05) is 25.2 Å². The average molecular weight is 409 g/mol. The zero-order chi connectivity index (χ0) is 20.9. The second-order valence-electron chi connectivity index (χ2n) is 8.18. The van der Waals surface area contributed by atoms with E-state index in [2.05, 4.69) is 20.1 Å². The summed E-state index contributed by atoms with van der Waals surface area (Å²) in [5.74, 6) is -0.302. The van der Waals surface area contributed by atoms with E-state index in [0.29, 0.717) is 23.0 Å². The molecule has 0 bridgehead atoms. The first-order valence-electron chi connectivity index (χ1n) is 10.7. The summed E-state index contributed by atoms with van der Waals surface area (Å²) in [5, 5.41) is 12.5. The zero-order valence-corrected chi connectivity index (χ0v) is 17.1. The highest BCUT2D eigenvalue weighted by molar-refractivity contribution is 6.05. The number of pyridine rings is 1. The minimum Gasteiger partial charge on any atom is -0.478 e. The monoisotopic (exact) mass is 408 g/mol. The summed E-state index contributed by atoms with van der Waals surface area (Å²) >= 11 is 0. The molecule has 7 heteroatoms. The van der Waals surface area contributed by atoms with Gasteiger partial charge >= 0.3 is 5.97 Å². The Bertz CT molecular complexity index is 897. The number of likely N-dealkylation sites (tertiary alicyclic amines) is 1. The molecule has 0 saturated carbocycles. The number of rotatable bonds is 6. The standard InChI is InChI=1S/C23H28N4O3/c28-22(18-8-2-1-3-9-18)25-19-13-20(23(29)30)21(24-14-19)27-12-6-7-17(16-27)15-26-10-4-5-11-26/h1-3,8-9,13-14,17H,4-7,10-12,15-16H2,(H,25,28)(H,29,30). The molecule has 0 radical (unpaired) electrons. The number of carbonyl (C=O) groups excluding carboxylic acids is 1. The number of nitrogens with zero attached hydrogens (tertiary/aromatic N) is 3. The van der Waals surface area contributed by atoms with E-state index in [0.717, 1.165) is 26.1 Å². The molecule has 2 aromatic rings. The highest BCUT2D eigenvalue weighted by atomic mass is 16.4. The van der Waals surface area contributed by atoms with Crippen LogP contribution in [0.2, 0.25) is 0 Å². The molecule has 2 N–H and O–H groups in total. The van der Waals surface area contributed by atoms with Gasteiger partial charge in [-0.15, -0.1) is 0 Å². The van der Waals surface area contributed by atoms with Crippen molar-refractivity contribution in [2.75, 3.05) is 42.9 Å². The van der Waals surface area contributed by atoms with Crippen molar-refractivity contribution in [2.24, 2.45) is 5.92 Å². The molecule has 1 aromatic carbocycles. The minimum atomic E-state index is -1.03. The van der Waals surface area contributed by atoms with Crippen molar-refractivity contribution in [1.82, 2.24) is 9.88 Å².